The quantitative estimate of drug-likeness (QED) is 0.469. The van der Waals surface area contributed by atoms with E-state index in [1.807, 2.05) is 6.07 Å². The maximum absolute atomic E-state index is 12.3. The summed E-state index contributed by atoms with van der Waals surface area (Å²) >= 11 is 0. The first-order valence-corrected chi connectivity index (χ1v) is 9.33. The van der Waals surface area contributed by atoms with Crippen LogP contribution in [0.25, 0.3) is 11.0 Å². The Kier molecular flexibility index (Phi) is 6.71. The van der Waals surface area contributed by atoms with Crippen molar-refractivity contribution in [2.45, 2.75) is 32.1 Å². The molecule has 1 aliphatic rings. The SMILES string of the molecule is COCCN(CCCc1nc2cc3c(cc2[n+]([O-])n1)CCC3)CCOC. The molecule has 142 valence electrons. The predicted octanol–water partition coefficient (Wildman–Crippen LogP) is 1.28. The van der Waals surface area contributed by atoms with Gasteiger partial charge in [-0.1, -0.05) is 0 Å². The molecule has 0 fully saturated rings. The second-order valence-electron chi connectivity index (χ2n) is 6.79. The molecule has 1 aliphatic carbocycles. The highest BCUT2D eigenvalue weighted by molar-refractivity contribution is 5.73. The Morgan fingerprint density at radius 1 is 1.08 bits per heavy atom. The van der Waals surface area contributed by atoms with Crippen molar-refractivity contribution < 1.29 is 14.3 Å². The molecule has 2 aromatic rings. The Hall–Kier alpha value is -1.83. The summed E-state index contributed by atoms with van der Waals surface area (Å²) in [7, 11) is 3.42. The number of hydrogen-bond acceptors (Lipinski definition) is 6. The Morgan fingerprint density at radius 3 is 2.46 bits per heavy atom. The van der Waals surface area contributed by atoms with E-state index in [1.165, 1.54) is 11.1 Å². The lowest BCUT2D eigenvalue weighted by molar-refractivity contribution is -0.644. The average molecular weight is 360 g/mol. The fraction of sp³-hybridized carbons (Fsp3) is 0.632. The Labute approximate surface area is 154 Å². The first-order valence-electron chi connectivity index (χ1n) is 9.33. The summed E-state index contributed by atoms with van der Waals surface area (Å²) in [6.07, 6.45) is 4.86. The lowest BCUT2D eigenvalue weighted by Gasteiger charge is -2.21. The number of fused-ring (bicyclic) bond motifs is 2. The van der Waals surface area contributed by atoms with Gasteiger partial charge in [0.1, 0.15) is 5.52 Å². The summed E-state index contributed by atoms with van der Waals surface area (Å²) in [5, 5.41) is 16.4. The van der Waals surface area contributed by atoms with Crippen molar-refractivity contribution in [1.82, 2.24) is 15.0 Å². The Balaban J connectivity index is 1.63. The third-order valence-corrected chi connectivity index (χ3v) is 4.95. The van der Waals surface area contributed by atoms with E-state index in [-0.39, 0.29) is 0 Å². The van der Waals surface area contributed by atoms with Crippen LogP contribution in [0, 0.1) is 5.21 Å². The van der Waals surface area contributed by atoms with Gasteiger partial charge in [-0.2, -0.15) is 0 Å². The summed E-state index contributed by atoms with van der Waals surface area (Å²) in [6.45, 7) is 4.03. The molecule has 3 rings (SSSR count). The molecule has 0 unspecified atom stereocenters. The minimum atomic E-state index is 0.580. The number of aromatic nitrogens is 3. The van der Waals surface area contributed by atoms with Crippen molar-refractivity contribution in [3.8, 4) is 0 Å². The van der Waals surface area contributed by atoms with Gasteiger partial charge < -0.3 is 14.7 Å². The van der Waals surface area contributed by atoms with Crippen molar-refractivity contribution >= 4 is 11.0 Å². The summed E-state index contributed by atoms with van der Waals surface area (Å²) in [5.74, 6) is 0.615. The molecule has 0 aliphatic heterocycles. The molecule has 0 atom stereocenters. The smallest absolute Gasteiger partial charge is 0.270 e. The summed E-state index contributed by atoms with van der Waals surface area (Å²) in [5.41, 5.74) is 3.94. The summed E-state index contributed by atoms with van der Waals surface area (Å²) in [4.78, 5) is 7.67. The fourth-order valence-electron chi connectivity index (χ4n) is 3.50. The Morgan fingerprint density at radius 2 is 1.77 bits per heavy atom. The highest BCUT2D eigenvalue weighted by atomic mass is 16.5. The van der Waals surface area contributed by atoms with Crippen molar-refractivity contribution in [3.63, 3.8) is 0 Å². The van der Waals surface area contributed by atoms with Gasteiger partial charge in [-0.25, -0.2) is 4.98 Å². The van der Waals surface area contributed by atoms with Crippen molar-refractivity contribution in [2.75, 3.05) is 47.1 Å². The first-order chi connectivity index (χ1) is 12.7. The molecule has 0 spiro atoms. The van der Waals surface area contributed by atoms with Gasteiger partial charge >= 0.3 is 0 Å². The normalized spacial score (nSPS) is 13.7. The molecule has 1 heterocycles. The number of benzene rings is 1. The molecule has 0 amide bonds. The maximum atomic E-state index is 12.3. The van der Waals surface area contributed by atoms with Gasteiger partial charge in [0, 0.05) is 44.9 Å². The zero-order chi connectivity index (χ0) is 18.4. The van der Waals surface area contributed by atoms with Crippen molar-refractivity contribution in [1.29, 1.82) is 0 Å². The molecule has 0 radical (unpaired) electrons. The van der Waals surface area contributed by atoms with Gasteiger partial charge in [0.05, 0.1) is 13.2 Å². The molecule has 0 N–H and O–H groups in total. The van der Waals surface area contributed by atoms with E-state index in [0.29, 0.717) is 31.0 Å². The van der Waals surface area contributed by atoms with Gasteiger partial charge in [0.25, 0.3) is 5.52 Å². The Bertz CT molecular complexity index is 730. The molecule has 1 aromatic carbocycles. The molecule has 0 saturated carbocycles. The molecule has 26 heavy (non-hydrogen) atoms. The van der Waals surface area contributed by atoms with Crippen LogP contribution < -0.4 is 4.85 Å². The number of hydrogen-bond donors (Lipinski definition) is 0. The fourth-order valence-corrected chi connectivity index (χ4v) is 3.50. The van der Waals surface area contributed by atoms with Crippen LogP contribution in [0.2, 0.25) is 0 Å². The topological polar surface area (TPSA) is 74.4 Å². The average Bonchev–Trinajstić information content (AvgIpc) is 3.09. The minimum Gasteiger partial charge on any atom is -0.594 e. The molecular weight excluding hydrogens is 332 g/mol. The molecule has 1 aromatic heterocycles. The number of aryl methyl sites for hydroxylation is 3. The van der Waals surface area contributed by atoms with Crippen molar-refractivity contribution in [3.05, 3.63) is 34.3 Å². The van der Waals surface area contributed by atoms with Gasteiger partial charge in [0.15, 0.2) is 5.82 Å². The van der Waals surface area contributed by atoms with Gasteiger partial charge in [-0.05, 0) is 54.3 Å². The van der Waals surface area contributed by atoms with Crippen LogP contribution >= 0.6 is 0 Å². The number of ether oxygens (including phenoxy) is 2. The molecule has 0 bridgehead atoms. The van der Waals surface area contributed by atoms with E-state index >= 15 is 0 Å². The van der Waals surface area contributed by atoms with Gasteiger partial charge in [-0.15, -0.1) is 0 Å². The van der Waals surface area contributed by atoms with Crippen LogP contribution in [0.1, 0.15) is 29.8 Å². The van der Waals surface area contributed by atoms with Crippen LogP contribution in [-0.2, 0) is 28.7 Å². The lowest BCUT2D eigenvalue weighted by Crippen LogP contribution is -2.35. The van der Waals surface area contributed by atoms with Crippen LogP contribution in [0.4, 0.5) is 0 Å². The third-order valence-electron chi connectivity index (χ3n) is 4.95. The van der Waals surface area contributed by atoms with Crippen LogP contribution in [0.5, 0.6) is 0 Å². The van der Waals surface area contributed by atoms with E-state index < -0.39 is 0 Å². The summed E-state index contributed by atoms with van der Waals surface area (Å²) in [6, 6.07) is 4.03. The number of rotatable bonds is 10. The molecule has 7 heteroatoms. The monoisotopic (exact) mass is 360 g/mol. The largest absolute Gasteiger partial charge is 0.594 e. The maximum Gasteiger partial charge on any atom is 0.270 e. The second kappa shape index (κ2) is 9.21. The van der Waals surface area contributed by atoms with Crippen molar-refractivity contribution in [2.24, 2.45) is 0 Å². The highest BCUT2D eigenvalue weighted by Gasteiger charge is 2.18. The highest BCUT2D eigenvalue weighted by Crippen LogP contribution is 2.25. The predicted molar refractivity (Wildman–Crippen MR) is 99.0 cm³/mol. The van der Waals surface area contributed by atoms with Gasteiger partial charge in [-0.3, -0.25) is 4.90 Å². The third kappa shape index (κ3) is 4.66. The molecule has 0 saturated heterocycles. The zero-order valence-electron chi connectivity index (χ0n) is 15.7. The number of nitrogens with zero attached hydrogens (tertiary/aromatic N) is 4. The summed E-state index contributed by atoms with van der Waals surface area (Å²) < 4.78 is 10.3. The van der Waals surface area contributed by atoms with Crippen LogP contribution in [-0.4, -0.2) is 62.1 Å². The van der Waals surface area contributed by atoms with E-state index in [9.17, 15) is 5.21 Å². The molecular formula is C19H28N4O3. The van der Waals surface area contributed by atoms with E-state index in [4.69, 9.17) is 9.47 Å². The minimum absolute atomic E-state index is 0.580. The van der Waals surface area contributed by atoms with Crippen LogP contribution in [0.3, 0.4) is 0 Å². The molecule has 7 nitrogen and oxygen atoms in total. The van der Waals surface area contributed by atoms with E-state index in [1.54, 1.807) is 14.2 Å². The standard InChI is InChI=1S/C19H28N4O3/c1-25-11-9-22(10-12-26-2)8-4-7-19-20-17-13-15-5-3-6-16(15)14-18(17)23(24)21-19/h13-14H,3-12H2,1-2H3. The van der Waals surface area contributed by atoms with Gasteiger partial charge in [0.2, 0.25) is 0 Å². The van der Waals surface area contributed by atoms with Crippen LogP contribution in [0.15, 0.2) is 12.1 Å². The van der Waals surface area contributed by atoms with E-state index in [0.717, 1.165) is 55.7 Å². The zero-order valence-corrected chi connectivity index (χ0v) is 15.7. The van der Waals surface area contributed by atoms with E-state index in [2.05, 4.69) is 21.0 Å². The first kappa shape index (κ1) is 18.9. The number of methoxy groups -OCH3 is 2. The lowest BCUT2D eigenvalue weighted by atomic mass is 10.1. The second-order valence-corrected chi connectivity index (χ2v) is 6.79.